The fraction of sp³-hybridized carbons (Fsp3) is 0.767. The van der Waals surface area contributed by atoms with Gasteiger partial charge < -0.3 is 0 Å². The summed E-state index contributed by atoms with van der Waals surface area (Å²) in [5, 5.41) is 8.88. The smallest absolute Gasteiger partial charge is 0.141 e. The molecule has 0 heterocycles. The molecule has 0 aliphatic heterocycles. The van der Waals surface area contributed by atoms with Crippen LogP contribution < -0.4 is 0 Å². The number of unbranched alkanes of at least 4 members (excludes halogenated alkanes) is 6. The average Bonchev–Trinajstić information content (AvgIpc) is 2.83. The zero-order valence-corrected chi connectivity index (χ0v) is 20.6. The van der Waals surface area contributed by atoms with Gasteiger partial charge in [0.2, 0.25) is 0 Å². The van der Waals surface area contributed by atoms with Crippen LogP contribution in [0.3, 0.4) is 0 Å². The third-order valence-corrected chi connectivity index (χ3v) is 8.66. The van der Waals surface area contributed by atoms with Gasteiger partial charge in [0.05, 0.1) is 5.56 Å². The summed E-state index contributed by atoms with van der Waals surface area (Å²) in [6.45, 7) is 2.30. The lowest BCUT2D eigenvalue weighted by atomic mass is 9.68. The van der Waals surface area contributed by atoms with Crippen LogP contribution in [-0.2, 0) is 6.42 Å². The number of nitrogens with zero attached hydrogens (tertiary/aromatic N) is 1. The molecule has 0 saturated heterocycles. The van der Waals surface area contributed by atoms with E-state index in [9.17, 15) is 4.39 Å². The first kappa shape index (κ1) is 25.3. The second-order valence-electron chi connectivity index (χ2n) is 10.9. The lowest BCUT2D eigenvalue weighted by Gasteiger charge is -2.38. The minimum absolute atomic E-state index is 0.159. The van der Waals surface area contributed by atoms with Gasteiger partial charge in [-0.1, -0.05) is 90.0 Å². The van der Waals surface area contributed by atoms with Gasteiger partial charge in [0.1, 0.15) is 11.9 Å². The van der Waals surface area contributed by atoms with E-state index in [0.717, 1.165) is 35.7 Å². The van der Waals surface area contributed by atoms with Crippen molar-refractivity contribution in [3.8, 4) is 6.07 Å². The molecule has 0 bridgehead atoms. The van der Waals surface area contributed by atoms with Crippen LogP contribution in [0.15, 0.2) is 18.2 Å². The highest BCUT2D eigenvalue weighted by atomic mass is 19.1. The number of rotatable bonds is 12. The summed E-state index contributed by atoms with van der Waals surface area (Å²) in [7, 11) is 0. The van der Waals surface area contributed by atoms with E-state index in [2.05, 4.69) is 6.92 Å². The minimum atomic E-state index is -0.365. The fourth-order valence-electron chi connectivity index (χ4n) is 6.46. The van der Waals surface area contributed by atoms with Gasteiger partial charge in [-0.2, -0.15) is 5.26 Å². The molecule has 2 saturated carbocycles. The van der Waals surface area contributed by atoms with Crippen LogP contribution in [0, 0.1) is 40.8 Å². The second kappa shape index (κ2) is 14.0. The number of halogens is 1. The summed E-state index contributed by atoms with van der Waals surface area (Å²) >= 11 is 0. The summed E-state index contributed by atoms with van der Waals surface area (Å²) < 4.78 is 13.8. The molecule has 0 N–H and O–H groups in total. The molecule has 0 amide bonds. The standard InChI is InChI=1S/C30H46FN/c1-2-3-4-5-6-7-8-9-24-12-17-27(18-13-24)28-19-14-25(15-20-28)10-11-26-16-21-29(23-32)30(31)22-26/h16,21-22,24-25,27-28H,2-15,17-20H2,1H3/t24-,25?,27-,28?. The van der Waals surface area contributed by atoms with Crippen LogP contribution in [0.5, 0.6) is 0 Å². The van der Waals surface area contributed by atoms with E-state index in [1.807, 2.05) is 12.1 Å². The van der Waals surface area contributed by atoms with Crippen molar-refractivity contribution < 1.29 is 4.39 Å². The topological polar surface area (TPSA) is 23.8 Å². The Hall–Kier alpha value is -1.36. The zero-order valence-electron chi connectivity index (χ0n) is 20.6. The van der Waals surface area contributed by atoms with Crippen molar-refractivity contribution in [1.82, 2.24) is 0 Å². The molecular formula is C30H46FN. The van der Waals surface area contributed by atoms with E-state index in [1.165, 1.54) is 109 Å². The highest BCUT2D eigenvalue weighted by Gasteiger charge is 2.30. The molecule has 2 fully saturated rings. The van der Waals surface area contributed by atoms with Gasteiger partial charge >= 0.3 is 0 Å². The van der Waals surface area contributed by atoms with Crippen LogP contribution in [-0.4, -0.2) is 0 Å². The Morgan fingerprint density at radius 2 is 1.34 bits per heavy atom. The summed E-state index contributed by atoms with van der Waals surface area (Å²) in [6, 6.07) is 7.04. The summed E-state index contributed by atoms with van der Waals surface area (Å²) in [5.74, 6) is 3.42. The molecule has 0 radical (unpaired) electrons. The van der Waals surface area contributed by atoms with E-state index >= 15 is 0 Å². The zero-order chi connectivity index (χ0) is 22.6. The van der Waals surface area contributed by atoms with Crippen molar-refractivity contribution in [3.05, 3.63) is 35.1 Å². The summed E-state index contributed by atoms with van der Waals surface area (Å²) in [5.41, 5.74) is 1.20. The Labute approximate surface area is 197 Å². The number of benzene rings is 1. The molecule has 178 valence electrons. The van der Waals surface area contributed by atoms with Gasteiger partial charge in [0, 0.05) is 0 Å². The van der Waals surface area contributed by atoms with Crippen LogP contribution in [0.4, 0.5) is 4.39 Å². The number of aryl methyl sites for hydroxylation is 1. The summed E-state index contributed by atoms with van der Waals surface area (Å²) in [6.07, 6.45) is 25.2. The number of hydrogen-bond acceptors (Lipinski definition) is 1. The monoisotopic (exact) mass is 439 g/mol. The summed E-state index contributed by atoms with van der Waals surface area (Å²) in [4.78, 5) is 0. The van der Waals surface area contributed by atoms with Gasteiger partial charge in [0.15, 0.2) is 0 Å². The molecule has 32 heavy (non-hydrogen) atoms. The normalized spacial score (nSPS) is 26.0. The fourth-order valence-corrected chi connectivity index (χ4v) is 6.46. The first-order valence-electron chi connectivity index (χ1n) is 13.9. The molecule has 2 aliphatic rings. The molecule has 2 aliphatic carbocycles. The number of hydrogen-bond donors (Lipinski definition) is 0. The van der Waals surface area contributed by atoms with Crippen molar-refractivity contribution in [3.63, 3.8) is 0 Å². The van der Waals surface area contributed by atoms with Gasteiger partial charge in [0.25, 0.3) is 0 Å². The minimum Gasteiger partial charge on any atom is -0.206 e. The maximum atomic E-state index is 13.8. The van der Waals surface area contributed by atoms with Gasteiger partial charge in [-0.05, 0) is 79.9 Å². The Balaban J connectivity index is 1.26. The van der Waals surface area contributed by atoms with Crippen molar-refractivity contribution in [1.29, 1.82) is 5.26 Å². The molecule has 0 unspecified atom stereocenters. The predicted octanol–water partition coefficient (Wildman–Crippen LogP) is 9.38. The first-order chi connectivity index (χ1) is 15.7. The Kier molecular flexibility index (Phi) is 11.1. The van der Waals surface area contributed by atoms with Crippen LogP contribution in [0.1, 0.15) is 127 Å². The molecule has 3 rings (SSSR count). The van der Waals surface area contributed by atoms with Gasteiger partial charge in [-0.15, -0.1) is 0 Å². The predicted molar refractivity (Wildman–Crippen MR) is 133 cm³/mol. The largest absolute Gasteiger partial charge is 0.206 e. The molecule has 1 nitrogen and oxygen atoms in total. The quantitative estimate of drug-likeness (QED) is 0.297. The molecular weight excluding hydrogens is 393 g/mol. The van der Waals surface area contributed by atoms with E-state index in [4.69, 9.17) is 5.26 Å². The van der Waals surface area contributed by atoms with E-state index in [-0.39, 0.29) is 11.4 Å². The highest BCUT2D eigenvalue weighted by molar-refractivity contribution is 5.33. The van der Waals surface area contributed by atoms with Crippen molar-refractivity contribution in [2.45, 2.75) is 122 Å². The van der Waals surface area contributed by atoms with E-state index < -0.39 is 0 Å². The average molecular weight is 440 g/mol. The van der Waals surface area contributed by atoms with Gasteiger partial charge in [-0.3, -0.25) is 0 Å². The van der Waals surface area contributed by atoms with Crippen LogP contribution >= 0.6 is 0 Å². The second-order valence-corrected chi connectivity index (χ2v) is 10.9. The Bertz CT molecular complexity index is 689. The third-order valence-electron chi connectivity index (χ3n) is 8.66. The maximum absolute atomic E-state index is 13.8. The maximum Gasteiger partial charge on any atom is 0.141 e. The first-order valence-corrected chi connectivity index (χ1v) is 13.9. The lowest BCUT2D eigenvalue weighted by molar-refractivity contribution is 0.140. The molecule has 0 atom stereocenters. The van der Waals surface area contributed by atoms with Crippen LogP contribution in [0.25, 0.3) is 0 Å². The third kappa shape index (κ3) is 8.20. The van der Waals surface area contributed by atoms with Crippen molar-refractivity contribution >= 4 is 0 Å². The molecule has 0 spiro atoms. The van der Waals surface area contributed by atoms with E-state index in [0.29, 0.717) is 0 Å². The van der Waals surface area contributed by atoms with Crippen LogP contribution in [0.2, 0.25) is 0 Å². The Morgan fingerprint density at radius 1 is 0.781 bits per heavy atom. The molecule has 0 aromatic heterocycles. The molecule has 2 heteroatoms. The van der Waals surface area contributed by atoms with Gasteiger partial charge in [-0.25, -0.2) is 4.39 Å². The molecule has 1 aromatic carbocycles. The highest BCUT2D eigenvalue weighted by Crippen LogP contribution is 2.43. The SMILES string of the molecule is CCCCCCCCC[C@H]1CC[C@H](C2CCC(CCc3ccc(C#N)c(F)c3)CC2)CC1. The van der Waals surface area contributed by atoms with Crippen molar-refractivity contribution in [2.75, 3.05) is 0 Å². The molecule has 1 aromatic rings. The lowest BCUT2D eigenvalue weighted by Crippen LogP contribution is -2.26. The Morgan fingerprint density at radius 3 is 1.91 bits per heavy atom. The van der Waals surface area contributed by atoms with Crippen molar-refractivity contribution in [2.24, 2.45) is 23.7 Å². The van der Waals surface area contributed by atoms with E-state index in [1.54, 1.807) is 12.1 Å². The number of nitriles is 1.